The Hall–Kier alpha value is -2.10. The molecule has 2 rings (SSSR count). The number of rotatable bonds is 2. The molecule has 0 aliphatic rings. The fraction of sp³-hybridized carbons (Fsp3) is 0. The van der Waals surface area contributed by atoms with Gasteiger partial charge >= 0.3 is 0 Å². The molecule has 1 nitrogen and oxygen atoms in total. The van der Waals surface area contributed by atoms with Crippen LogP contribution in [0.5, 0.6) is 0 Å². The number of hydrogen-bond donors (Lipinski definition) is 0. The van der Waals surface area contributed by atoms with Crippen molar-refractivity contribution in [3.63, 3.8) is 0 Å². The summed E-state index contributed by atoms with van der Waals surface area (Å²) in [5, 5.41) is 0. The number of halogens is 3. The number of nitrogens with zero attached hydrogens (tertiary/aromatic N) is 1. The summed E-state index contributed by atoms with van der Waals surface area (Å²) in [5.74, 6) is -2.89. The normalized spacial score (nSPS) is 11.0. The molecule has 2 aromatic carbocycles. The van der Waals surface area contributed by atoms with Gasteiger partial charge in [-0.25, -0.2) is 13.2 Å². The van der Waals surface area contributed by atoms with E-state index in [2.05, 4.69) is 4.99 Å². The average molecular weight is 235 g/mol. The Labute approximate surface area is 96.2 Å². The molecule has 0 heterocycles. The van der Waals surface area contributed by atoms with Crippen LogP contribution >= 0.6 is 0 Å². The Morgan fingerprint density at radius 2 is 1.47 bits per heavy atom. The summed E-state index contributed by atoms with van der Waals surface area (Å²) >= 11 is 0. The Morgan fingerprint density at radius 1 is 0.882 bits per heavy atom. The van der Waals surface area contributed by atoms with Crippen LogP contribution < -0.4 is 0 Å². The molecule has 0 aromatic heterocycles. The smallest absolute Gasteiger partial charge is 0.137 e. The molecule has 17 heavy (non-hydrogen) atoms. The number of benzene rings is 2. The van der Waals surface area contributed by atoms with Gasteiger partial charge < -0.3 is 0 Å². The van der Waals surface area contributed by atoms with Crippen molar-refractivity contribution in [2.24, 2.45) is 4.99 Å². The van der Waals surface area contributed by atoms with Gasteiger partial charge in [-0.1, -0.05) is 18.2 Å². The highest BCUT2D eigenvalue weighted by molar-refractivity contribution is 5.82. The fourth-order valence-corrected chi connectivity index (χ4v) is 1.33. The predicted molar refractivity (Wildman–Crippen MR) is 60.0 cm³/mol. The first-order valence-corrected chi connectivity index (χ1v) is 4.90. The van der Waals surface area contributed by atoms with Gasteiger partial charge in [0, 0.05) is 18.3 Å². The van der Waals surface area contributed by atoms with Crippen LogP contribution in [0.25, 0.3) is 0 Å². The molecule has 4 heteroatoms. The van der Waals surface area contributed by atoms with E-state index in [0.29, 0.717) is 17.8 Å². The van der Waals surface area contributed by atoms with Crippen LogP contribution in [0.3, 0.4) is 0 Å². The van der Waals surface area contributed by atoms with Gasteiger partial charge in [0.2, 0.25) is 0 Å². The molecular weight excluding hydrogens is 227 g/mol. The van der Waals surface area contributed by atoms with Crippen molar-refractivity contribution in [1.29, 1.82) is 0 Å². The maximum absolute atomic E-state index is 13.2. The lowest BCUT2D eigenvalue weighted by molar-refractivity contribution is 0.541. The van der Waals surface area contributed by atoms with Crippen molar-refractivity contribution in [2.45, 2.75) is 0 Å². The first-order chi connectivity index (χ1) is 8.16. The molecule has 2 aromatic rings. The molecule has 0 unspecified atom stereocenters. The van der Waals surface area contributed by atoms with Gasteiger partial charge in [0.1, 0.15) is 17.5 Å². The largest absolute Gasteiger partial charge is 0.256 e. The third-order valence-corrected chi connectivity index (χ3v) is 2.14. The molecule has 0 amide bonds. The minimum absolute atomic E-state index is 0.352. The summed E-state index contributed by atoms with van der Waals surface area (Å²) in [6, 6.07) is 9.93. The molecule has 0 aliphatic carbocycles. The summed E-state index contributed by atoms with van der Waals surface area (Å²) in [6.07, 6.45) is 1.04. The average Bonchev–Trinajstić information content (AvgIpc) is 2.29. The fourth-order valence-electron chi connectivity index (χ4n) is 1.33. The molecule has 0 radical (unpaired) electrons. The van der Waals surface area contributed by atoms with Crippen LogP contribution in [-0.2, 0) is 0 Å². The van der Waals surface area contributed by atoms with Gasteiger partial charge in [0.15, 0.2) is 0 Å². The Balaban J connectivity index is 2.34. The molecule has 0 N–H and O–H groups in total. The van der Waals surface area contributed by atoms with Crippen LogP contribution in [-0.4, -0.2) is 6.21 Å². The van der Waals surface area contributed by atoms with Crippen LogP contribution in [0.2, 0.25) is 0 Å². The first-order valence-electron chi connectivity index (χ1n) is 4.90. The third kappa shape index (κ3) is 2.72. The van der Waals surface area contributed by atoms with Gasteiger partial charge in [-0.3, -0.25) is 4.99 Å². The monoisotopic (exact) mass is 235 g/mol. The van der Waals surface area contributed by atoms with E-state index in [9.17, 15) is 13.2 Å². The minimum Gasteiger partial charge on any atom is -0.256 e. The Kier molecular flexibility index (Phi) is 3.23. The van der Waals surface area contributed by atoms with E-state index >= 15 is 0 Å². The molecule has 0 fully saturated rings. The predicted octanol–water partition coefficient (Wildman–Crippen LogP) is 3.85. The molecule has 0 bridgehead atoms. The zero-order valence-corrected chi connectivity index (χ0v) is 8.70. The van der Waals surface area contributed by atoms with Crippen LogP contribution in [0.15, 0.2) is 47.5 Å². The maximum atomic E-state index is 13.2. The number of hydrogen-bond acceptors (Lipinski definition) is 1. The van der Waals surface area contributed by atoms with E-state index < -0.39 is 17.5 Å². The standard InChI is InChI=1S/C13H8F3N/c14-9-6-12(15)11(13(16)7-9)8-17-10-4-2-1-3-5-10/h1-8H/b17-8+. The lowest BCUT2D eigenvalue weighted by atomic mass is 10.2. The molecule has 0 aliphatic heterocycles. The molecule has 0 atom stereocenters. The quantitative estimate of drug-likeness (QED) is 0.701. The zero-order chi connectivity index (χ0) is 12.3. The van der Waals surface area contributed by atoms with Crippen LogP contribution in [0, 0.1) is 17.5 Å². The van der Waals surface area contributed by atoms with Gasteiger partial charge in [-0.05, 0) is 12.1 Å². The Morgan fingerprint density at radius 3 is 2.06 bits per heavy atom. The molecule has 0 saturated heterocycles. The van der Waals surface area contributed by atoms with Gasteiger partial charge in [0.05, 0.1) is 11.3 Å². The van der Waals surface area contributed by atoms with Crippen molar-refractivity contribution < 1.29 is 13.2 Å². The second kappa shape index (κ2) is 4.82. The third-order valence-electron chi connectivity index (χ3n) is 2.14. The maximum Gasteiger partial charge on any atom is 0.137 e. The van der Waals surface area contributed by atoms with Crippen LogP contribution in [0.4, 0.5) is 18.9 Å². The highest BCUT2D eigenvalue weighted by atomic mass is 19.1. The van der Waals surface area contributed by atoms with Crippen LogP contribution in [0.1, 0.15) is 5.56 Å². The number of aliphatic imine (C=N–C) groups is 1. The summed E-state index contributed by atoms with van der Waals surface area (Å²) in [5.41, 5.74) is 0.214. The second-order valence-electron chi connectivity index (χ2n) is 3.38. The molecular formula is C13H8F3N. The molecule has 86 valence electrons. The van der Waals surface area contributed by atoms with E-state index in [0.717, 1.165) is 6.21 Å². The minimum atomic E-state index is -0.970. The summed E-state index contributed by atoms with van der Waals surface area (Å²) < 4.78 is 39.1. The van der Waals surface area contributed by atoms with Crippen molar-refractivity contribution in [2.75, 3.05) is 0 Å². The van der Waals surface area contributed by atoms with E-state index in [1.807, 2.05) is 0 Å². The van der Waals surface area contributed by atoms with Crippen molar-refractivity contribution in [3.05, 3.63) is 65.5 Å². The van der Waals surface area contributed by atoms with E-state index in [4.69, 9.17) is 0 Å². The SMILES string of the molecule is Fc1cc(F)c(/C=N/c2ccccc2)c(F)c1. The summed E-state index contributed by atoms with van der Waals surface area (Å²) in [7, 11) is 0. The number of para-hydroxylation sites is 1. The lowest BCUT2D eigenvalue weighted by Crippen LogP contribution is -1.95. The highest BCUT2D eigenvalue weighted by Crippen LogP contribution is 2.15. The Bertz CT molecular complexity index is 527. The van der Waals surface area contributed by atoms with Gasteiger partial charge in [-0.15, -0.1) is 0 Å². The highest BCUT2D eigenvalue weighted by Gasteiger charge is 2.08. The van der Waals surface area contributed by atoms with Crippen molar-refractivity contribution in [1.82, 2.24) is 0 Å². The molecule has 0 saturated carbocycles. The summed E-state index contributed by atoms with van der Waals surface area (Å²) in [6.45, 7) is 0. The first kappa shape index (κ1) is 11.4. The van der Waals surface area contributed by atoms with Crippen molar-refractivity contribution >= 4 is 11.9 Å². The van der Waals surface area contributed by atoms with Crippen molar-refractivity contribution in [3.8, 4) is 0 Å². The van der Waals surface area contributed by atoms with Gasteiger partial charge in [-0.2, -0.15) is 0 Å². The lowest BCUT2D eigenvalue weighted by Gasteiger charge is -1.99. The topological polar surface area (TPSA) is 12.4 Å². The second-order valence-corrected chi connectivity index (χ2v) is 3.38. The summed E-state index contributed by atoms with van der Waals surface area (Å²) in [4.78, 5) is 3.90. The van der Waals surface area contributed by atoms with E-state index in [-0.39, 0.29) is 5.56 Å². The molecule has 0 spiro atoms. The van der Waals surface area contributed by atoms with Gasteiger partial charge in [0.25, 0.3) is 0 Å². The van der Waals surface area contributed by atoms with E-state index in [1.165, 1.54) is 0 Å². The zero-order valence-electron chi connectivity index (χ0n) is 8.70. The van der Waals surface area contributed by atoms with E-state index in [1.54, 1.807) is 30.3 Å².